The number of nitrogens with one attached hydrogen (secondary N) is 1. The molecule has 4 rings (SSSR count). The first-order chi connectivity index (χ1) is 14.8. The van der Waals surface area contributed by atoms with E-state index < -0.39 is 5.60 Å². The second-order valence-electron chi connectivity index (χ2n) is 8.10. The maximum atomic E-state index is 11.2. The van der Waals surface area contributed by atoms with Gasteiger partial charge in [0, 0.05) is 30.7 Å². The Hall–Kier alpha value is -2.84. The molecule has 0 radical (unpaired) electrons. The number of nitrogens with zero attached hydrogens (tertiary/aromatic N) is 3. The van der Waals surface area contributed by atoms with Crippen molar-refractivity contribution in [2.45, 2.75) is 58.2 Å². The van der Waals surface area contributed by atoms with Crippen LogP contribution in [0.4, 0.5) is 11.6 Å². The number of rotatable bonds is 5. The number of hydrogen-bond donors (Lipinski definition) is 2. The number of thiazole rings is 1. The first-order valence-electron chi connectivity index (χ1n) is 10.4. The van der Waals surface area contributed by atoms with E-state index in [1.54, 1.807) is 6.20 Å². The lowest BCUT2D eigenvalue weighted by molar-refractivity contribution is -0.151. The van der Waals surface area contributed by atoms with E-state index in [0.717, 1.165) is 27.4 Å². The average Bonchev–Trinajstić information content (AvgIpc) is 3.20. The summed E-state index contributed by atoms with van der Waals surface area (Å²) in [6.07, 6.45) is 5.77. The third kappa shape index (κ3) is 5.08. The van der Waals surface area contributed by atoms with E-state index in [9.17, 15) is 9.90 Å². The molecular weight excluding hydrogens is 412 g/mol. The van der Waals surface area contributed by atoms with Crippen molar-refractivity contribution < 1.29 is 14.6 Å². The third-order valence-corrected chi connectivity index (χ3v) is 6.65. The highest BCUT2D eigenvalue weighted by atomic mass is 32.1. The fourth-order valence-corrected chi connectivity index (χ4v) is 4.94. The van der Waals surface area contributed by atoms with Crippen LogP contribution in [-0.4, -0.2) is 32.1 Å². The van der Waals surface area contributed by atoms with Gasteiger partial charge in [-0.05, 0) is 68.9 Å². The van der Waals surface area contributed by atoms with E-state index in [1.807, 2.05) is 38.2 Å². The number of aryl methyl sites for hydroxylation is 2. The molecule has 0 spiro atoms. The topological polar surface area (TPSA) is 97.2 Å². The zero-order chi connectivity index (χ0) is 22.0. The highest BCUT2D eigenvalue weighted by Gasteiger charge is 2.38. The predicted octanol–water partition coefficient (Wildman–Crippen LogP) is 4.65. The summed E-state index contributed by atoms with van der Waals surface area (Å²) in [5, 5.41) is 15.1. The van der Waals surface area contributed by atoms with Crippen LogP contribution in [-0.2, 0) is 15.1 Å². The molecule has 3 aromatic rings. The molecule has 31 heavy (non-hydrogen) atoms. The number of benzene rings is 1. The highest BCUT2D eigenvalue weighted by Crippen LogP contribution is 2.42. The zero-order valence-corrected chi connectivity index (χ0v) is 18.7. The van der Waals surface area contributed by atoms with Crippen LogP contribution in [0.15, 0.2) is 36.7 Å². The van der Waals surface area contributed by atoms with E-state index in [1.165, 1.54) is 18.3 Å². The van der Waals surface area contributed by atoms with Gasteiger partial charge in [-0.2, -0.15) is 0 Å². The number of aromatic nitrogens is 3. The Labute approximate surface area is 185 Å². The van der Waals surface area contributed by atoms with Crippen molar-refractivity contribution in [3.8, 4) is 10.4 Å². The first kappa shape index (κ1) is 21.4. The van der Waals surface area contributed by atoms with E-state index in [4.69, 9.17) is 4.74 Å². The zero-order valence-electron chi connectivity index (χ0n) is 17.9. The fourth-order valence-electron chi connectivity index (χ4n) is 3.89. The summed E-state index contributed by atoms with van der Waals surface area (Å²) in [6, 6.07) is 8.04. The lowest BCUT2D eigenvalue weighted by Crippen LogP contribution is -2.34. The van der Waals surface area contributed by atoms with Crippen molar-refractivity contribution in [2.24, 2.45) is 0 Å². The molecule has 2 heterocycles. The van der Waals surface area contributed by atoms with Gasteiger partial charge in [0.05, 0.1) is 4.88 Å². The molecule has 0 unspecified atom stereocenters. The number of ether oxygens (including phenoxy) is 1. The van der Waals surface area contributed by atoms with Crippen LogP contribution in [0, 0.1) is 13.8 Å². The van der Waals surface area contributed by atoms with Gasteiger partial charge in [-0.1, -0.05) is 6.07 Å². The molecule has 8 heteroatoms. The molecular formula is C23H26N4O3S. The third-order valence-electron chi connectivity index (χ3n) is 5.41. The molecule has 7 nitrogen and oxygen atoms in total. The van der Waals surface area contributed by atoms with Crippen LogP contribution in [0.25, 0.3) is 10.4 Å². The molecule has 1 aliphatic carbocycles. The normalized spacial score (nSPS) is 21.0. The van der Waals surface area contributed by atoms with Gasteiger partial charge in [-0.25, -0.2) is 15.0 Å². The van der Waals surface area contributed by atoms with Crippen LogP contribution in [0.5, 0.6) is 0 Å². The minimum Gasteiger partial charge on any atom is -0.463 e. The summed E-state index contributed by atoms with van der Waals surface area (Å²) in [7, 11) is 0. The Kier molecular flexibility index (Phi) is 6.02. The van der Waals surface area contributed by atoms with Crippen LogP contribution in [0.2, 0.25) is 0 Å². The SMILES string of the molecule is CC(=O)OC1CCC(O)(c2ncc(-c3cc(C)cc(Nc4nccc(C)n4)c3)s2)CC1. The monoisotopic (exact) mass is 438 g/mol. The van der Waals surface area contributed by atoms with Crippen molar-refractivity contribution in [1.82, 2.24) is 15.0 Å². The maximum absolute atomic E-state index is 11.2. The number of esters is 1. The number of hydrogen-bond acceptors (Lipinski definition) is 8. The van der Waals surface area contributed by atoms with Gasteiger partial charge in [-0.15, -0.1) is 11.3 Å². The van der Waals surface area contributed by atoms with Crippen molar-refractivity contribution in [3.63, 3.8) is 0 Å². The first-order valence-corrected chi connectivity index (χ1v) is 11.2. The lowest BCUT2D eigenvalue weighted by Gasteiger charge is -2.34. The van der Waals surface area contributed by atoms with Crippen molar-refractivity contribution in [2.75, 3.05) is 5.32 Å². The Morgan fingerprint density at radius 2 is 2.00 bits per heavy atom. The average molecular weight is 439 g/mol. The molecule has 1 aliphatic rings. The maximum Gasteiger partial charge on any atom is 0.302 e. The fraction of sp³-hybridized carbons (Fsp3) is 0.391. The number of carbonyl (C=O) groups is 1. The summed E-state index contributed by atoms with van der Waals surface area (Å²) in [5.41, 5.74) is 2.95. The molecule has 162 valence electrons. The van der Waals surface area contributed by atoms with E-state index >= 15 is 0 Å². The summed E-state index contributed by atoms with van der Waals surface area (Å²) in [4.78, 5) is 25.4. The van der Waals surface area contributed by atoms with Gasteiger partial charge in [-0.3, -0.25) is 4.79 Å². The smallest absolute Gasteiger partial charge is 0.302 e. The summed E-state index contributed by atoms with van der Waals surface area (Å²) >= 11 is 1.50. The minimum absolute atomic E-state index is 0.119. The van der Waals surface area contributed by atoms with Gasteiger partial charge >= 0.3 is 5.97 Å². The van der Waals surface area contributed by atoms with Gasteiger partial charge in [0.25, 0.3) is 0 Å². The molecule has 2 N–H and O–H groups in total. The number of carbonyl (C=O) groups excluding carboxylic acids is 1. The van der Waals surface area contributed by atoms with Crippen LogP contribution < -0.4 is 5.32 Å². The highest BCUT2D eigenvalue weighted by molar-refractivity contribution is 7.15. The summed E-state index contributed by atoms with van der Waals surface area (Å²) in [5.74, 6) is 0.285. The number of aliphatic hydroxyl groups is 1. The van der Waals surface area contributed by atoms with Gasteiger partial charge in [0.2, 0.25) is 5.95 Å². The van der Waals surface area contributed by atoms with Crippen molar-refractivity contribution in [3.05, 3.63) is 52.9 Å². The molecule has 0 saturated heterocycles. The van der Waals surface area contributed by atoms with Gasteiger partial charge in [0.15, 0.2) is 0 Å². The predicted molar refractivity (Wildman–Crippen MR) is 120 cm³/mol. The minimum atomic E-state index is -0.972. The van der Waals surface area contributed by atoms with Gasteiger partial charge < -0.3 is 15.2 Å². The van der Waals surface area contributed by atoms with E-state index in [-0.39, 0.29) is 12.1 Å². The van der Waals surface area contributed by atoms with Crippen molar-refractivity contribution in [1.29, 1.82) is 0 Å². The Balaban J connectivity index is 1.52. The second-order valence-corrected chi connectivity index (χ2v) is 9.14. The molecule has 2 aromatic heterocycles. The van der Waals surface area contributed by atoms with Crippen LogP contribution in [0.1, 0.15) is 48.9 Å². The molecule has 0 bridgehead atoms. The lowest BCUT2D eigenvalue weighted by atomic mass is 9.84. The molecule has 0 aliphatic heterocycles. The molecule has 0 amide bonds. The largest absolute Gasteiger partial charge is 0.463 e. The van der Waals surface area contributed by atoms with Crippen LogP contribution >= 0.6 is 11.3 Å². The van der Waals surface area contributed by atoms with Crippen molar-refractivity contribution >= 4 is 28.9 Å². The molecule has 1 aromatic carbocycles. The summed E-state index contributed by atoms with van der Waals surface area (Å²) < 4.78 is 5.29. The molecule has 1 saturated carbocycles. The van der Waals surface area contributed by atoms with E-state index in [0.29, 0.717) is 36.6 Å². The summed E-state index contributed by atoms with van der Waals surface area (Å²) in [6.45, 7) is 5.39. The Bertz CT molecular complexity index is 1090. The molecule has 0 atom stereocenters. The Morgan fingerprint density at radius 3 is 2.71 bits per heavy atom. The standard InChI is InChI=1S/C23H26N4O3S/c1-14-10-17(12-18(11-14)27-22-24-9-6-15(2)26-22)20-13-25-21(31-20)23(29)7-4-19(5-8-23)30-16(3)28/h6,9-13,19,29H,4-5,7-8H2,1-3H3,(H,24,26,27). The Morgan fingerprint density at radius 1 is 1.23 bits per heavy atom. The second kappa shape index (κ2) is 8.72. The molecule has 1 fully saturated rings. The number of anilines is 2. The quantitative estimate of drug-likeness (QED) is 0.560. The van der Waals surface area contributed by atoms with E-state index in [2.05, 4.69) is 26.3 Å². The van der Waals surface area contributed by atoms with Gasteiger partial charge in [0.1, 0.15) is 16.7 Å². The van der Waals surface area contributed by atoms with Crippen LogP contribution in [0.3, 0.4) is 0 Å².